The van der Waals surface area contributed by atoms with Crippen LogP contribution < -0.4 is 0 Å². The zero-order valence-electron chi connectivity index (χ0n) is 24.8. The van der Waals surface area contributed by atoms with Crippen LogP contribution in [0, 0.1) is 0 Å². The molecular formula is C26H66O10. The Morgan fingerprint density at radius 1 is 0.361 bits per heavy atom. The van der Waals surface area contributed by atoms with Crippen LogP contribution in [0.2, 0.25) is 0 Å². The van der Waals surface area contributed by atoms with E-state index in [4.69, 9.17) is 40.5 Å². The average molecular weight is 539 g/mol. The molecule has 0 bridgehead atoms. The molecule has 0 aliphatic carbocycles. The van der Waals surface area contributed by atoms with Gasteiger partial charge in [-0.2, -0.15) is 0 Å². The molecule has 0 saturated carbocycles. The van der Waals surface area contributed by atoms with Crippen LogP contribution in [0.15, 0.2) is 0 Å². The van der Waals surface area contributed by atoms with E-state index in [1.807, 2.05) is 6.92 Å². The minimum absolute atomic E-state index is 0.122. The summed E-state index contributed by atoms with van der Waals surface area (Å²) in [6.07, 6.45) is 8.81. The van der Waals surface area contributed by atoms with Crippen molar-refractivity contribution in [2.45, 2.75) is 85.5 Å². The lowest BCUT2D eigenvalue weighted by atomic mass is 10.3. The van der Waals surface area contributed by atoms with E-state index < -0.39 is 0 Å². The first kappa shape index (κ1) is 52.1. The fourth-order valence-corrected chi connectivity index (χ4v) is 1.18. The van der Waals surface area contributed by atoms with Crippen molar-refractivity contribution in [2.24, 2.45) is 0 Å². The van der Waals surface area contributed by atoms with E-state index >= 15 is 0 Å². The van der Waals surface area contributed by atoms with Crippen molar-refractivity contribution in [3.8, 4) is 0 Å². The molecular weight excluding hydrogens is 472 g/mol. The molecule has 0 aliphatic heterocycles. The van der Waals surface area contributed by atoms with Crippen LogP contribution in [0.3, 0.4) is 0 Å². The van der Waals surface area contributed by atoms with Gasteiger partial charge in [0.25, 0.3) is 0 Å². The van der Waals surface area contributed by atoms with Crippen LogP contribution >= 0.6 is 0 Å². The second-order valence-corrected chi connectivity index (χ2v) is 6.76. The Balaban J connectivity index is -0.0000000553. The quantitative estimate of drug-likeness (QED) is 0.154. The van der Waals surface area contributed by atoms with Crippen molar-refractivity contribution in [2.75, 3.05) is 87.4 Å². The zero-order chi connectivity index (χ0) is 29.6. The van der Waals surface area contributed by atoms with E-state index in [0.29, 0.717) is 33.0 Å². The number of hydrogen-bond acceptors (Lipinski definition) is 10. The van der Waals surface area contributed by atoms with Crippen LogP contribution in [0.4, 0.5) is 0 Å². The van der Waals surface area contributed by atoms with Crippen molar-refractivity contribution in [3.05, 3.63) is 0 Å². The van der Waals surface area contributed by atoms with Crippen molar-refractivity contribution in [3.63, 3.8) is 0 Å². The van der Waals surface area contributed by atoms with Gasteiger partial charge in [0.05, 0.1) is 13.2 Å². The van der Waals surface area contributed by atoms with Gasteiger partial charge in [-0.1, -0.05) is 40.0 Å². The molecule has 0 spiro atoms. The van der Waals surface area contributed by atoms with Gasteiger partial charge in [-0.3, -0.25) is 0 Å². The zero-order valence-corrected chi connectivity index (χ0v) is 24.8. The SMILES string of the molecule is CCCCCO.CCCCO.CCCO.CCO.COCCCCO.COCCCO.COCCO. The summed E-state index contributed by atoms with van der Waals surface area (Å²) in [6.45, 7) is 11.6. The molecule has 230 valence electrons. The van der Waals surface area contributed by atoms with Crippen LogP contribution in [0.1, 0.15) is 85.5 Å². The van der Waals surface area contributed by atoms with Gasteiger partial charge >= 0.3 is 0 Å². The fourth-order valence-electron chi connectivity index (χ4n) is 1.18. The number of rotatable bonds is 15. The third-order valence-electron chi connectivity index (χ3n) is 3.06. The minimum Gasteiger partial charge on any atom is -0.397 e. The topological polar surface area (TPSA) is 169 Å². The van der Waals surface area contributed by atoms with E-state index in [-0.39, 0.29) is 26.4 Å². The lowest BCUT2D eigenvalue weighted by molar-refractivity contribution is 0.135. The molecule has 0 aromatic rings. The van der Waals surface area contributed by atoms with Gasteiger partial charge < -0.3 is 50.0 Å². The molecule has 0 rings (SSSR count). The summed E-state index contributed by atoms with van der Waals surface area (Å²) >= 11 is 0. The number of aliphatic hydroxyl groups is 7. The maximum atomic E-state index is 8.24. The summed E-state index contributed by atoms with van der Waals surface area (Å²) in [6, 6.07) is 0. The Morgan fingerprint density at radius 3 is 0.833 bits per heavy atom. The summed E-state index contributed by atoms with van der Waals surface area (Å²) in [5.41, 5.74) is 0. The molecule has 0 atom stereocenters. The summed E-state index contributed by atoms with van der Waals surface area (Å²) < 4.78 is 13.8. The van der Waals surface area contributed by atoms with Gasteiger partial charge in [0.2, 0.25) is 0 Å². The maximum absolute atomic E-state index is 8.24. The van der Waals surface area contributed by atoms with Crippen LogP contribution in [-0.2, 0) is 14.2 Å². The van der Waals surface area contributed by atoms with E-state index in [1.54, 1.807) is 28.3 Å². The summed E-state index contributed by atoms with van der Waals surface area (Å²) in [5, 5.41) is 56.0. The molecule has 0 saturated heterocycles. The van der Waals surface area contributed by atoms with Gasteiger partial charge in [-0.15, -0.1) is 0 Å². The van der Waals surface area contributed by atoms with Gasteiger partial charge in [0, 0.05) is 74.2 Å². The molecule has 7 N–H and O–H groups in total. The highest BCUT2D eigenvalue weighted by Crippen LogP contribution is 1.89. The molecule has 10 nitrogen and oxygen atoms in total. The Kier molecular flexibility index (Phi) is 121. The lowest BCUT2D eigenvalue weighted by Crippen LogP contribution is -1.91. The number of hydrogen-bond donors (Lipinski definition) is 7. The molecule has 0 fully saturated rings. The van der Waals surface area contributed by atoms with Crippen LogP contribution in [0.5, 0.6) is 0 Å². The standard InChI is InChI=1S/C5H12O2.C5H12O.C4H10O2.C4H10O.C3H8O2.C3H8O.C2H6O/c1-7-5-3-2-4-6;1-2-3-4-5-6;1-6-4-2-3-5;1-2-3-4-5;1-5-3-2-4;1-2-3-4;1-2-3/h6H,2-5H2,1H3;6H,2-5H2,1H3;5H,2-4H2,1H3;5H,2-4H2,1H3;4H,2-3H2,1H3;4H,2-3H2,1H3;3H,2H2,1H3. The largest absolute Gasteiger partial charge is 0.397 e. The second kappa shape index (κ2) is 83.7. The number of aliphatic hydroxyl groups excluding tert-OH is 7. The molecule has 0 aromatic heterocycles. The third kappa shape index (κ3) is 168. The first-order valence-electron chi connectivity index (χ1n) is 13.1. The highest BCUT2D eigenvalue weighted by molar-refractivity contribution is 4.32. The smallest absolute Gasteiger partial charge is 0.0693 e. The van der Waals surface area contributed by atoms with Gasteiger partial charge in [-0.25, -0.2) is 0 Å². The molecule has 0 radical (unpaired) electrons. The lowest BCUT2D eigenvalue weighted by Gasteiger charge is -1.92. The summed E-state index contributed by atoms with van der Waals surface area (Å²) in [7, 11) is 4.84. The molecule has 0 heterocycles. The molecule has 10 heteroatoms. The van der Waals surface area contributed by atoms with Crippen molar-refractivity contribution >= 4 is 0 Å². The van der Waals surface area contributed by atoms with E-state index in [1.165, 1.54) is 6.42 Å². The van der Waals surface area contributed by atoms with Crippen LogP contribution in [-0.4, -0.2) is 123 Å². The Hall–Kier alpha value is -0.400. The summed E-state index contributed by atoms with van der Waals surface area (Å²) in [5.74, 6) is 0. The monoisotopic (exact) mass is 538 g/mol. The third-order valence-corrected chi connectivity index (χ3v) is 3.06. The fraction of sp³-hybridized carbons (Fsp3) is 1.00. The molecule has 0 aliphatic rings. The highest BCUT2D eigenvalue weighted by Gasteiger charge is 1.80. The number of unbranched alkanes of at least 4 members (excludes halogenated alkanes) is 4. The van der Waals surface area contributed by atoms with Crippen molar-refractivity contribution in [1.82, 2.24) is 0 Å². The van der Waals surface area contributed by atoms with Gasteiger partial charge in [0.15, 0.2) is 0 Å². The Labute approximate surface area is 223 Å². The van der Waals surface area contributed by atoms with Gasteiger partial charge in [-0.05, 0) is 45.4 Å². The number of methoxy groups -OCH3 is 3. The Morgan fingerprint density at radius 2 is 0.694 bits per heavy atom. The molecule has 36 heavy (non-hydrogen) atoms. The predicted molar refractivity (Wildman–Crippen MR) is 149 cm³/mol. The predicted octanol–water partition coefficient (Wildman–Crippen LogP) is 2.38. The van der Waals surface area contributed by atoms with Crippen molar-refractivity contribution < 1.29 is 50.0 Å². The average Bonchev–Trinajstić information content (AvgIpc) is 2.89. The Bertz CT molecular complexity index is 195. The minimum atomic E-state index is 0.122. The number of ether oxygens (including phenoxy) is 3. The first-order valence-corrected chi connectivity index (χ1v) is 13.1. The van der Waals surface area contributed by atoms with E-state index in [9.17, 15) is 0 Å². The van der Waals surface area contributed by atoms with E-state index in [0.717, 1.165) is 58.0 Å². The molecule has 0 amide bonds. The van der Waals surface area contributed by atoms with Crippen LogP contribution in [0.25, 0.3) is 0 Å². The van der Waals surface area contributed by atoms with Gasteiger partial charge in [0.1, 0.15) is 0 Å². The van der Waals surface area contributed by atoms with E-state index in [2.05, 4.69) is 23.3 Å². The molecule has 0 unspecified atom stereocenters. The highest BCUT2D eigenvalue weighted by atomic mass is 16.5. The maximum Gasteiger partial charge on any atom is 0.0693 e. The first-order chi connectivity index (χ1) is 17.4. The molecule has 0 aromatic carbocycles. The normalized spacial score (nSPS) is 8.50. The second-order valence-electron chi connectivity index (χ2n) is 6.76. The van der Waals surface area contributed by atoms with Crippen molar-refractivity contribution in [1.29, 1.82) is 0 Å². The summed E-state index contributed by atoms with van der Waals surface area (Å²) in [4.78, 5) is 0.